The first kappa shape index (κ1) is 19.8. The second-order valence-electron chi connectivity index (χ2n) is 6.71. The zero-order chi connectivity index (χ0) is 17.8. The molecule has 1 aliphatic carbocycles. The van der Waals surface area contributed by atoms with Gasteiger partial charge >= 0.3 is 0 Å². The molecule has 6 unspecified atom stereocenters. The third kappa shape index (κ3) is 5.05. The number of aliphatic hydroxyl groups excluding tert-OH is 1. The molecular weight excluding hydrogens is 382 g/mol. The number of ether oxygens (including phenoxy) is 2. The average molecular weight is 407 g/mol. The second kappa shape index (κ2) is 9.28. The van der Waals surface area contributed by atoms with E-state index in [4.69, 9.17) is 30.1 Å². The molecule has 1 aromatic carbocycles. The van der Waals surface area contributed by atoms with Crippen LogP contribution in [0.25, 0.3) is 0 Å². The fourth-order valence-corrected chi connectivity index (χ4v) is 4.68. The highest BCUT2D eigenvalue weighted by Gasteiger charge is 2.49. The Bertz CT molecular complexity index is 564. The first-order valence-electron chi connectivity index (χ1n) is 8.53. The van der Waals surface area contributed by atoms with Gasteiger partial charge in [0, 0.05) is 36.8 Å². The molecule has 0 spiro atoms. The van der Waals surface area contributed by atoms with E-state index in [0.717, 1.165) is 25.0 Å². The summed E-state index contributed by atoms with van der Waals surface area (Å²) in [5.41, 5.74) is 0. The highest BCUT2D eigenvalue weighted by atomic mass is 35.5. The molecule has 1 heterocycles. The SMILES string of the molecule is OC1C[C@H]2C(CC(OP)[C@@H]2CCC(COc2cccc(Cl)c2)OP)O1. The summed E-state index contributed by atoms with van der Waals surface area (Å²) < 4.78 is 22.4. The van der Waals surface area contributed by atoms with Crippen LogP contribution in [-0.4, -0.2) is 36.3 Å². The Balaban J connectivity index is 1.51. The quantitative estimate of drug-likeness (QED) is 0.669. The maximum absolute atomic E-state index is 9.74. The molecule has 1 N–H and O–H groups in total. The number of hydrogen-bond donors (Lipinski definition) is 1. The van der Waals surface area contributed by atoms with Crippen molar-refractivity contribution < 1.29 is 23.6 Å². The van der Waals surface area contributed by atoms with Crippen LogP contribution >= 0.6 is 30.5 Å². The number of benzene rings is 1. The number of fused-ring (bicyclic) bond motifs is 1. The summed E-state index contributed by atoms with van der Waals surface area (Å²) in [5, 5.41) is 10.4. The van der Waals surface area contributed by atoms with Gasteiger partial charge < -0.3 is 23.6 Å². The van der Waals surface area contributed by atoms with Gasteiger partial charge in [0.2, 0.25) is 0 Å². The van der Waals surface area contributed by atoms with Crippen molar-refractivity contribution in [1.82, 2.24) is 0 Å². The first-order chi connectivity index (χ1) is 12.1. The molecule has 0 aromatic heterocycles. The van der Waals surface area contributed by atoms with Gasteiger partial charge in [0.15, 0.2) is 6.29 Å². The lowest BCUT2D eigenvalue weighted by molar-refractivity contribution is -0.0939. The van der Waals surface area contributed by atoms with Gasteiger partial charge in [0.1, 0.15) is 12.4 Å². The Hall–Kier alpha value is 0.01000. The standard InChI is InChI=1S/C17H25ClO5P2/c18-10-2-1-3-11(6-10)20-9-12(22-24)4-5-13-14-7-17(19)21-15(14)8-16(13)23-25/h1-3,6,12-17,19H,4-5,7-9,24-25H2/t12?,13-,14-,15?,16?,17?/m1/s1. The molecule has 0 bridgehead atoms. The summed E-state index contributed by atoms with van der Waals surface area (Å²) in [6.07, 6.45) is 2.87. The van der Waals surface area contributed by atoms with Gasteiger partial charge in [-0.1, -0.05) is 17.7 Å². The summed E-state index contributed by atoms with van der Waals surface area (Å²) in [5.74, 6) is 1.44. The molecule has 1 aromatic rings. The summed E-state index contributed by atoms with van der Waals surface area (Å²) in [6, 6.07) is 7.34. The van der Waals surface area contributed by atoms with Crippen LogP contribution in [0.5, 0.6) is 5.75 Å². The minimum absolute atomic E-state index is 0.0413. The Morgan fingerprint density at radius 2 is 2.16 bits per heavy atom. The van der Waals surface area contributed by atoms with E-state index in [-0.39, 0.29) is 18.3 Å². The van der Waals surface area contributed by atoms with Crippen LogP contribution in [0.1, 0.15) is 25.7 Å². The third-order valence-corrected chi connectivity index (χ3v) is 6.17. The molecule has 1 saturated carbocycles. The van der Waals surface area contributed by atoms with E-state index in [9.17, 15) is 5.11 Å². The predicted molar refractivity (Wildman–Crippen MR) is 102 cm³/mol. The van der Waals surface area contributed by atoms with Gasteiger partial charge in [-0.3, -0.25) is 0 Å². The summed E-state index contributed by atoms with van der Waals surface area (Å²) in [6.45, 7) is 0.455. The molecule has 5 nitrogen and oxygen atoms in total. The van der Waals surface area contributed by atoms with Crippen molar-refractivity contribution in [1.29, 1.82) is 0 Å². The lowest BCUT2D eigenvalue weighted by atomic mass is 9.87. The van der Waals surface area contributed by atoms with Crippen molar-refractivity contribution >= 4 is 30.5 Å². The molecule has 8 atom stereocenters. The van der Waals surface area contributed by atoms with Crippen LogP contribution in [-0.2, 0) is 13.8 Å². The lowest BCUT2D eigenvalue weighted by Crippen LogP contribution is -2.25. The summed E-state index contributed by atoms with van der Waals surface area (Å²) >= 11 is 5.97. The highest BCUT2D eigenvalue weighted by Crippen LogP contribution is 2.46. The van der Waals surface area contributed by atoms with Crippen LogP contribution in [0.2, 0.25) is 5.02 Å². The van der Waals surface area contributed by atoms with Crippen molar-refractivity contribution in [2.24, 2.45) is 11.8 Å². The Morgan fingerprint density at radius 3 is 2.88 bits per heavy atom. The van der Waals surface area contributed by atoms with Gasteiger partial charge in [-0.25, -0.2) is 0 Å². The number of hydrogen-bond acceptors (Lipinski definition) is 5. The molecule has 2 fully saturated rings. The summed E-state index contributed by atoms with van der Waals surface area (Å²) in [7, 11) is 4.70. The molecule has 140 valence electrons. The van der Waals surface area contributed by atoms with Gasteiger partial charge in [-0.2, -0.15) is 0 Å². The van der Waals surface area contributed by atoms with Crippen molar-refractivity contribution in [3.8, 4) is 5.75 Å². The maximum Gasteiger partial charge on any atom is 0.155 e. The molecule has 1 aliphatic heterocycles. The Labute approximate surface area is 158 Å². The van der Waals surface area contributed by atoms with Crippen LogP contribution in [0.4, 0.5) is 0 Å². The van der Waals surface area contributed by atoms with Crippen molar-refractivity contribution in [2.45, 2.75) is 50.3 Å². The van der Waals surface area contributed by atoms with E-state index >= 15 is 0 Å². The Morgan fingerprint density at radius 1 is 1.32 bits per heavy atom. The number of rotatable bonds is 8. The third-order valence-electron chi connectivity index (χ3n) is 5.20. The molecule has 2 aliphatic rings. The molecule has 0 radical (unpaired) electrons. The smallest absolute Gasteiger partial charge is 0.155 e. The zero-order valence-electron chi connectivity index (χ0n) is 13.9. The lowest BCUT2D eigenvalue weighted by Gasteiger charge is -2.24. The predicted octanol–water partition coefficient (Wildman–Crippen LogP) is 3.59. The number of aliphatic hydroxyl groups is 1. The van der Waals surface area contributed by atoms with Crippen LogP contribution in [0, 0.1) is 11.8 Å². The monoisotopic (exact) mass is 406 g/mol. The topological polar surface area (TPSA) is 57.2 Å². The van der Waals surface area contributed by atoms with Crippen LogP contribution < -0.4 is 4.74 Å². The Kier molecular flexibility index (Phi) is 7.34. The second-order valence-corrected chi connectivity index (χ2v) is 7.69. The van der Waals surface area contributed by atoms with Gasteiger partial charge in [-0.15, -0.1) is 0 Å². The van der Waals surface area contributed by atoms with Gasteiger partial charge in [0.25, 0.3) is 0 Å². The minimum Gasteiger partial charge on any atom is -0.491 e. The maximum atomic E-state index is 9.74. The normalized spacial score (nSPS) is 32.6. The number of halogens is 1. The fourth-order valence-electron chi connectivity index (χ4n) is 3.97. The fraction of sp³-hybridized carbons (Fsp3) is 0.647. The molecule has 8 heteroatoms. The van der Waals surface area contributed by atoms with Crippen molar-refractivity contribution in [3.63, 3.8) is 0 Å². The first-order valence-corrected chi connectivity index (χ1v) is 9.85. The van der Waals surface area contributed by atoms with Crippen LogP contribution in [0.15, 0.2) is 24.3 Å². The van der Waals surface area contributed by atoms with E-state index in [2.05, 4.69) is 18.9 Å². The zero-order valence-corrected chi connectivity index (χ0v) is 17.0. The minimum atomic E-state index is -0.636. The molecular formula is C17H25ClO5P2. The van der Waals surface area contributed by atoms with Crippen molar-refractivity contribution in [2.75, 3.05) is 6.61 Å². The van der Waals surface area contributed by atoms with Gasteiger partial charge in [0.05, 0.1) is 18.3 Å². The molecule has 0 amide bonds. The van der Waals surface area contributed by atoms with Crippen LogP contribution in [0.3, 0.4) is 0 Å². The summed E-state index contributed by atoms with van der Waals surface area (Å²) in [4.78, 5) is 0. The van der Waals surface area contributed by atoms with E-state index in [0.29, 0.717) is 29.9 Å². The van der Waals surface area contributed by atoms with Crippen molar-refractivity contribution in [3.05, 3.63) is 29.3 Å². The van der Waals surface area contributed by atoms with Gasteiger partial charge in [-0.05, 0) is 42.9 Å². The van der Waals surface area contributed by atoms with E-state index in [1.54, 1.807) is 6.07 Å². The molecule has 25 heavy (non-hydrogen) atoms. The average Bonchev–Trinajstić information content (AvgIpc) is 3.11. The van der Waals surface area contributed by atoms with E-state index < -0.39 is 6.29 Å². The molecule has 1 saturated heterocycles. The largest absolute Gasteiger partial charge is 0.491 e. The van der Waals surface area contributed by atoms with E-state index in [1.807, 2.05) is 18.2 Å². The van der Waals surface area contributed by atoms with E-state index in [1.165, 1.54) is 0 Å². The highest BCUT2D eigenvalue weighted by molar-refractivity contribution is 7.10. The molecule has 3 rings (SSSR count).